The first-order valence-electron chi connectivity index (χ1n) is 10.3. The lowest BCUT2D eigenvalue weighted by Gasteiger charge is -2.40. The Labute approximate surface area is 168 Å². The Hall–Kier alpha value is -2.17. The van der Waals surface area contributed by atoms with E-state index < -0.39 is 6.10 Å². The van der Waals surface area contributed by atoms with Crippen LogP contribution in [-0.2, 0) is 0 Å². The number of aliphatic hydroxyl groups is 1. The number of rotatable bonds is 3. The molecule has 4 rings (SSSR count). The van der Waals surface area contributed by atoms with Crippen molar-refractivity contribution < 1.29 is 5.11 Å². The third-order valence-electron chi connectivity index (χ3n) is 6.57. The molecule has 4 nitrogen and oxygen atoms in total. The molecule has 28 heavy (non-hydrogen) atoms. The zero-order valence-electron chi connectivity index (χ0n) is 17.2. The molecule has 0 aromatic carbocycles. The van der Waals surface area contributed by atoms with Crippen LogP contribution < -0.4 is 0 Å². The highest BCUT2D eigenvalue weighted by Crippen LogP contribution is 2.42. The zero-order valence-corrected chi connectivity index (χ0v) is 17.2. The van der Waals surface area contributed by atoms with E-state index in [-0.39, 0.29) is 0 Å². The number of allylic oxidation sites excluding steroid dienone is 4. The highest BCUT2D eigenvalue weighted by atomic mass is 16.3. The molecule has 0 spiro atoms. The fourth-order valence-electron chi connectivity index (χ4n) is 4.77. The Morgan fingerprint density at radius 1 is 1.25 bits per heavy atom. The van der Waals surface area contributed by atoms with Crippen molar-refractivity contribution >= 4 is 0 Å². The molecule has 2 bridgehead atoms. The van der Waals surface area contributed by atoms with Crippen LogP contribution in [0.4, 0.5) is 0 Å². The summed E-state index contributed by atoms with van der Waals surface area (Å²) in [5.41, 5.74) is 6.89. The van der Waals surface area contributed by atoms with Gasteiger partial charge in [0.1, 0.15) is 0 Å². The molecule has 0 saturated carbocycles. The molecule has 0 amide bonds. The van der Waals surface area contributed by atoms with Gasteiger partial charge in [-0.1, -0.05) is 30.4 Å². The minimum absolute atomic E-state index is 0.504. The molecule has 1 fully saturated rings. The number of aryl methyl sites for hydroxylation is 1. The van der Waals surface area contributed by atoms with E-state index in [0.29, 0.717) is 18.6 Å². The molecule has 3 aliphatic heterocycles. The van der Waals surface area contributed by atoms with E-state index >= 15 is 0 Å². The highest BCUT2D eigenvalue weighted by molar-refractivity contribution is 5.37. The van der Waals surface area contributed by atoms with E-state index in [1.54, 1.807) is 6.20 Å². The summed E-state index contributed by atoms with van der Waals surface area (Å²) < 4.78 is 0. The number of pyridine rings is 1. The van der Waals surface area contributed by atoms with Gasteiger partial charge in [0.15, 0.2) is 0 Å². The molecular formula is C24H31N3O. The van der Waals surface area contributed by atoms with E-state index in [9.17, 15) is 5.11 Å². The molecule has 3 unspecified atom stereocenters. The molecule has 148 valence electrons. The molecule has 0 radical (unpaired) electrons. The number of hydrogen-bond donors (Lipinski definition) is 1. The monoisotopic (exact) mass is 377 g/mol. The first kappa shape index (κ1) is 19.2. The quantitative estimate of drug-likeness (QED) is 0.854. The Balaban J connectivity index is 1.70. The van der Waals surface area contributed by atoms with Gasteiger partial charge in [0.05, 0.1) is 12.6 Å². The smallest absolute Gasteiger partial charge is 0.0983 e. The summed E-state index contributed by atoms with van der Waals surface area (Å²) in [4.78, 5) is 9.17. The van der Waals surface area contributed by atoms with Crippen molar-refractivity contribution in [3.8, 4) is 0 Å². The van der Waals surface area contributed by atoms with Gasteiger partial charge in [-0.25, -0.2) is 0 Å². The Morgan fingerprint density at radius 3 is 2.82 bits per heavy atom. The summed E-state index contributed by atoms with van der Waals surface area (Å²) >= 11 is 0. The van der Waals surface area contributed by atoms with Crippen LogP contribution in [0.1, 0.15) is 50.0 Å². The number of aromatic nitrogens is 1. The second-order valence-electron chi connectivity index (χ2n) is 8.42. The molecule has 1 aromatic heterocycles. The Morgan fingerprint density at radius 2 is 2.07 bits per heavy atom. The van der Waals surface area contributed by atoms with Crippen LogP contribution in [0.3, 0.4) is 0 Å². The van der Waals surface area contributed by atoms with E-state index in [4.69, 9.17) is 0 Å². The van der Waals surface area contributed by atoms with Gasteiger partial charge in [0.2, 0.25) is 0 Å². The van der Waals surface area contributed by atoms with Crippen LogP contribution in [0.15, 0.2) is 65.7 Å². The SMILES string of the molecule is C=C1/C=C\C(C)=C/CC2=C(CC3CCC2N3C)N1CC(O)c1ccc(C)nc1. The van der Waals surface area contributed by atoms with Gasteiger partial charge in [0, 0.05) is 47.4 Å². The summed E-state index contributed by atoms with van der Waals surface area (Å²) in [6.45, 7) is 8.97. The Bertz CT molecular complexity index is 849. The maximum Gasteiger partial charge on any atom is 0.0983 e. The maximum absolute atomic E-state index is 11.0. The Kier molecular flexibility index (Phi) is 5.26. The lowest BCUT2D eigenvalue weighted by molar-refractivity contribution is 0.134. The third kappa shape index (κ3) is 3.59. The maximum atomic E-state index is 11.0. The van der Waals surface area contributed by atoms with Gasteiger partial charge in [-0.3, -0.25) is 9.88 Å². The summed E-state index contributed by atoms with van der Waals surface area (Å²) in [7, 11) is 2.26. The van der Waals surface area contributed by atoms with E-state index in [1.807, 2.05) is 19.1 Å². The van der Waals surface area contributed by atoms with Gasteiger partial charge in [0.25, 0.3) is 0 Å². The summed E-state index contributed by atoms with van der Waals surface area (Å²) in [6, 6.07) is 5.03. The number of hydrogen-bond acceptors (Lipinski definition) is 4. The molecule has 1 aromatic rings. The molecule has 0 aliphatic carbocycles. The predicted octanol–water partition coefficient (Wildman–Crippen LogP) is 4.27. The van der Waals surface area contributed by atoms with Crippen molar-refractivity contribution in [2.75, 3.05) is 13.6 Å². The second kappa shape index (κ2) is 7.69. The van der Waals surface area contributed by atoms with Crippen molar-refractivity contribution in [3.63, 3.8) is 0 Å². The minimum atomic E-state index is -0.598. The molecular weight excluding hydrogens is 346 g/mol. The second-order valence-corrected chi connectivity index (χ2v) is 8.42. The van der Waals surface area contributed by atoms with Crippen LogP contribution in [0.5, 0.6) is 0 Å². The number of fused-ring (bicyclic) bond motifs is 3. The summed E-state index contributed by atoms with van der Waals surface area (Å²) in [5, 5.41) is 11.0. The number of aliphatic hydroxyl groups excluding tert-OH is 1. The van der Waals surface area contributed by atoms with E-state index in [0.717, 1.165) is 29.8 Å². The van der Waals surface area contributed by atoms with Crippen molar-refractivity contribution in [2.45, 2.75) is 57.7 Å². The van der Waals surface area contributed by atoms with E-state index in [2.05, 4.69) is 53.6 Å². The number of likely N-dealkylation sites (N-methyl/N-ethyl adjacent to an activating group) is 1. The van der Waals surface area contributed by atoms with E-state index in [1.165, 1.54) is 29.7 Å². The van der Waals surface area contributed by atoms with Gasteiger partial charge in [-0.05, 0) is 57.9 Å². The van der Waals surface area contributed by atoms with Gasteiger partial charge in [-0.15, -0.1) is 0 Å². The first-order valence-corrected chi connectivity index (χ1v) is 10.3. The van der Waals surface area contributed by atoms with Crippen LogP contribution in [-0.4, -0.2) is 45.6 Å². The standard InChI is InChI=1S/C24H31N3O/c1-16-5-8-18(3)27(15-24(28)19-9-7-17(2)25-14-19)23-13-20-10-12-22(26(20)4)21(23)11-6-16/h5-9,14,20,22,24,28H,3,10-13,15H2,1-2,4H3/b8-5-,16-6-. The molecule has 3 aliphatic rings. The molecule has 1 N–H and O–H groups in total. The van der Waals surface area contributed by atoms with Gasteiger partial charge >= 0.3 is 0 Å². The molecule has 3 atom stereocenters. The third-order valence-corrected chi connectivity index (χ3v) is 6.57. The molecule has 4 heteroatoms. The van der Waals surface area contributed by atoms with Crippen molar-refractivity contribution in [1.82, 2.24) is 14.8 Å². The van der Waals surface area contributed by atoms with Gasteiger partial charge in [-0.2, -0.15) is 0 Å². The van der Waals surface area contributed by atoms with Crippen LogP contribution in [0, 0.1) is 6.92 Å². The van der Waals surface area contributed by atoms with Crippen molar-refractivity contribution in [2.24, 2.45) is 0 Å². The van der Waals surface area contributed by atoms with Crippen LogP contribution >= 0.6 is 0 Å². The number of nitrogens with zero attached hydrogens (tertiary/aromatic N) is 3. The topological polar surface area (TPSA) is 39.6 Å². The van der Waals surface area contributed by atoms with Crippen LogP contribution in [0.25, 0.3) is 0 Å². The fraction of sp³-hybridized carbons (Fsp3) is 0.458. The molecule has 1 saturated heterocycles. The average molecular weight is 378 g/mol. The minimum Gasteiger partial charge on any atom is -0.386 e. The highest BCUT2D eigenvalue weighted by Gasteiger charge is 2.40. The summed E-state index contributed by atoms with van der Waals surface area (Å²) in [6.07, 6.45) is 12.2. The predicted molar refractivity (Wildman–Crippen MR) is 114 cm³/mol. The normalized spacial score (nSPS) is 29.5. The van der Waals surface area contributed by atoms with Gasteiger partial charge < -0.3 is 10.0 Å². The first-order chi connectivity index (χ1) is 13.4. The summed E-state index contributed by atoms with van der Waals surface area (Å²) in [5.74, 6) is 0. The fourth-order valence-corrected chi connectivity index (χ4v) is 4.77. The largest absolute Gasteiger partial charge is 0.386 e. The number of β-amino-alcohol motifs (C(OH)–C–C–N with tert-alkyl or cyclic N) is 1. The van der Waals surface area contributed by atoms with Crippen molar-refractivity contribution in [3.05, 3.63) is 76.9 Å². The molecule has 4 heterocycles. The lowest BCUT2D eigenvalue weighted by Crippen LogP contribution is -2.42. The van der Waals surface area contributed by atoms with Crippen molar-refractivity contribution in [1.29, 1.82) is 0 Å². The average Bonchev–Trinajstić information content (AvgIpc) is 2.94. The lowest BCUT2D eigenvalue weighted by atomic mass is 9.93. The zero-order chi connectivity index (χ0) is 19.8. The van der Waals surface area contributed by atoms with Crippen LogP contribution in [0.2, 0.25) is 0 Å².